The van der Waals surface area contributed by atoms with Crippen LogP contribution in [0.25, 0.3) is 0 Å². The second-order valence-electron chi connectivity index (χ2n) is 4.13. The molecule has 0 spiro atoms. The quantitative estimate of drug-likeness (QED) is 0.776. The van der Waals surface area contributed by atoms with Crippen LogP contribution >= 0.6 is 0 Å². The summed E-state index contributed by atoms with van der Waals surface area (Å²) in [4.78, 5) is 0. The van der Waals surface area contributed by atoms with Crippen LogP contribution in [0.1, 0.15) is 33.1 Å². The van der Waals surface area contributed by atoms with Gasteiger partial charge in [0.25, 0.3) is 0 Å². The summed E-state index contributed by atoms with van der Waals surface area (Å²) < 4.78 is 41.4. The van der Waals surface area contributed by atoms with E-state index in [4.69, 9.17) is 4.74 Å². The van der Waals surface area contributed by atoms with E-state index in [1.165, 1.54) is 0 Å². The van der Waals surface area contributed by atoms with Gasteiger partial charge in [-0.05, 0) is 26.7 Å². The monoisotopic (exact) mass is 225 g/mol. The molecule has 1 unspecified atom stereocenters. The average molecular weight is 225 g/mol. The zero-order valence-electron chi connectivity index (χ0n) is 9.10. The first kappa shape index (κ1) is 12.8. The van der Waals surface area contributed by atoms with Crippen LogP contribution in [0.3, 0.4) is 0 Å². The summed E-state index contributed by atoms with van der Waals surface area (Å²) in [6.45, 7) is 4.17. The molecule has 1 fully saturated rings. The van der Waals surface area contributed by atoms with Crippen molar-refractivity contribution in [2.75, 3.05) is 6.61 Å². The number of nitrogens with one attached hydrogen (secondary N) is 1. The first-order valence-electron chi connectivity index (χ1n) is 5.35. The Kier molecular flexibility index (Phi) is 4.40. The topological polar surface area (TPSA) is 21.3 Å². The van der Waals surface area contributed by atoms with Crippen molar-refractivity contribution in [3.8, 4) is 0 Å². The van der Waals surface area contributed by atoms with Crippen LogP contribution in [0.4, 0.5) is 13.2 Å². The average Bonchev–Trinajstić information content (AvgIpc) is 1.97. The Morgan fingerprint density at radius 2 is 2.00 bits per heavy atom. The highest BCUT2D eigenvalue weighted by Crippen LogP contribution is 2.26. The second kappa shape index (κ2) is 5.16. The standard InChI is InChI=1S/C10H18F3NO/c1-3-15-9-4-8(5-9)14-7(2)6-10(11,12)13/h7-9,14H,3-6H2,1-2H3. The van der Waals surface area contributed by atoms with E-state index in [9.17, 15) is 13.2 Å². The minimum absolute atomic E-state index is 0.193. The van der Waals surface area contributed by atoms with E-state index in [0.717, 1.165) is 12.8 Å². The van der Waals surface area contributed by atoms with E-state index in [1.54, 1.807) is 6.92 Å². The van der Waals surface area contributed by atoms with Crippen LogP contribution < -0.4 is 5.32 Å². The summed E-state index contributed by atoms with van der Waals surface area (Å²) in [5, 5.41) is 2.96. The number of ether oxygens (including phenoxy) is 1. The molecular weight excluding hydrogens is 207 g/mol. The zero-order chi connectivity index (χ0) is 11.5. The van der Waals surface area contributed by atoms with Crippen LogP contribution in [0.2, 0.25) is 0 Å². The van der Waals surface area contributed by atoms with Gasteiger partial charge in [-0.1, -0.05) is 0 Å². The van der Waals surface area contributed by atoms with Gasteiger partial charge in [-0.25, -0.2) is 0 Å². The summed E-state index contributed by atoms with van der Waals surface area (Å²) in [5.41, 5.74) is 0. The zero-order valence-corrected chi connectivity index (χ0v) is 9.10. The molecule has 0 radical (unpaired) electrons. The molecule has 0 amide bonds. The first-order chi connectivity index (χ1) is 6.90. The Balaban J connectivity index is 2.11. The van der Waals surface area contributed by atoms with Gasteiger partial charge in [-0.2, -0.15) is 13.2 Å². The van der Waals surface area contributed by atoms with Crippen molar-refractivity contribution in [1.29, 1.82) is 0 Å². The molecule has 5 heteroatoms. The van der Waals surface area contributed by atoms with E-state index >= 15 is 0 Å². The first-order valence-corrected chi connectivity index (χ1v) is 5.35. The molecule has 0 saturated heterocycles. The molecule has 1 aliphatic carbocycles. The normalized spacial score (nSPS) is 28.6. The number of alkyl halides is 3. The summed E-state index contributed by atoms with van der Waals surface area (Å²) >= 11 is 0. The van der Waals surface area contributed by atoms with E-state index in [-0.39, 0.29) is 12.1 Å². The maximum absolute atomic E-state index is 12.0. The highest BCUT2D eigenvalue weighted by atomic mass is 19.4. The van der Waals surface area contributed by atoms with Crippen LogP contribution in [0, 0.1) is 0 Å². The molecule has 0 aliphatic heterocycles. The number of hydrogen-bond acceptors (Lipinski definition) is 2. The maximum atomic E-state index is 12.0. The lowest BCUT2D eigenvalue weighted by Crippen LogP contribution is -2.49. The lowest BCUT2D eigenvalue weighted by atomic mass is 9.88. The second-order valence-corrected chi connectivity index (χ2v) is 4.13. The number of rotatable bonds is 5. The Morgan fingerprint density at radius 3 is 2.47 bits per heavy atom. The van der Waals surface area contributed by atoms with Gasteiger partial charge in [-0.15, -0.1) is 0 Å². The van der Waals surface area contributed by atoms with Crippen molar-refractivity contribution in [2.24, 2.45) is 0 Å². The Morgan fingerprint density at radius 1 is 1.40 bits per heavy atom. The minimum atomic E-state index is -4.07. The largest absolute Gasteiger partial charge is 0.390 e. The Bertz CT molecular complexity index is 190. The van der Waals surface area contributed by atoms with Crippen molar-refractivity contribution >= 4 is 0 Å². The molecule has 0 aromatic carbocycles. The van der Waals surface area contributed by atoms with Gasteiger partial charge in [0.05, 0.1) is 12.5 Å². The van der Waals surface area contributed by atoms with Gasteiger partial charge in [0.2, 0.25) is 0 Å². The fourth-order valence-electron chi connectivity index (χ4n) is 1.88. The fraction of sp³-hybridized carbons (Fsp3) is 1.00. The lowest BCUT2D eigenvalue weighted by Gasteiger charge is -2.37. The smallest absolute Gasteiger partial charge is 0.378 e. The predicted octanol–water partition coefficient (Wildman–Crippen LogP) is 2.48. The molecule has 1 rings (SSSR count). The van der Waals surface area contributed by atoms with Crippen LogP contribution in [-0.4, -0.2) is 31.0 Å². The van der Waals surface area contributed by atoms with Gasteiger partial charge in [0.1, 0.15) is 0 Å². The van der Waals surface area contributed by atoms with Crippen molar-refractivity contribution < 1.29 is 17.9 Å². The van der Waals surface area contributed by atoms with Gasteiger partial charge >= 0.3 is 6.18 Å². The number of halogens is 3. The fourth-order valence-corrected chi connectivity index (χ4v) is 1.88. The highest BCUT2D eigenvalue weighted by Gasteiger charge is 2.34. The van der Waals surface area contributed by atoms with E-state index in [1.807, 2.05) is 6.92 Å². The molecule has 15 heavy (non-hydrogen) atoms. The Labute approximate surface area is 88.2 Å². The van der Waals surface area contributed by atoms with Crippen molar-refractivity contribution in [3.05, 3.63) is 0 Å². The molecule has 90 valence electrons. The molecule has 1 N–H and O–H groups in total. The van der Waals surface area contributed by atoms with Crippen LogP contribution in [0.5, 0.6) is 0 Å². The maximum Gasteiger partial charge on any atom is 0.390 e. The number of hydrogen-bond donors (Lipinski definition) is 1. The molecule has 0 aromatic rings. The molecule has 0 aromatic heterocycles. The van der Waals surface area contributed by atoms with Gasteiger partial charge < -0.3 is 10.1 Å². The van der Waals surface area contributed by atoms with Crippen molar-refractivity contribution in [3.63, 3.8) is 0 Å². The van der Waals surface area contributed by atoms with E-state index in [0.29, 0.717) is 6.61 Å². The lowest BCUT2D eigenvalue weighted by molar-refractivity contribution is -0.140. The van der Waals surface area contributed by atoms with Crippen molar-refractivity contribution in [1.82, 2.24) is 5.32 Å². The van der Waals surface area contributed by atoms with E-state index in [2.05, 4.69) is 5.32 Å². The third-order valence-corrected chi connectivity index (χ3v) is 2.56. The summed E-state index contributed by atoms with van der Waals surface area (Å²) in [5.74, 6) is 0. The molecule has 1 aliphatic rings. The summed E-state index contributed by atoms with van der Waals surface area (Å²) in [6.07, 6.45) is -2.93. The van der Waals surface area contributed by atoms with Crippen LogP contribution in [0.15, 0.2) is 0 Å². The van der Waals surface area contributed by atoms with Gasteiger partial charge in [-0.3, -0.25) is 0 Å². The van der Waals surface area contributed by atoms with E-state index < -0.39 is 18.6 Å². The molecule has 0 bridgehead atoms. The minimum Gasteiger partial charge on any atom is -0.378 e. The molecule has 2 nitrogen and oxygen atoms in total. The summed E-state index contributed by atoms with van der Waals surface area (Å²) in [7, 11) is 0. The molecule has 0 heterocycles. The molecule has 1 saturated carbocycles. The van der Waals surface area contributed by atoms with Crippen molar-refractivity contribution in [2.45, 2.75) is 57.5 Å². The Hall–Kier alpha value is -0.290. The highest BCUT2D eigenvalue weighted by molar-refractivity contribution is 4.87. The van der Waals surface area contributed by atoms with Crippen LogP contribution in [-0.2, 0) is 4.74 Å². The third-order valence-electron chi connectivity index (χ3n) is 2.56. The predicted molar refractivity (Wildman–Crippen MR) is 51.7 cm³/mol. The third kappa shape index (κ3) is 4.84. The molecular formula is C10H18F3NO. The summed E-state index contributed by atoms with van der Waals surface area (Å²) in [6, 6.07) is -0.309. The van der Waals surface area contributed by atoms with Gasteiger partial charge in [0.15, 0.2) is 0 Å². The molecule has 1 atom stereocenters. The van der Waals surface area contributed by atoms with Gasteiger partial charge in [0, 0.05) is 18.7 Å². The SMILES string of the molecule is CCOC1CC(NC(C)CC(F)(F)F)C1.